The van der Waals surface area contributed by atoms with Gasteiger partial charge < -0.3 is 9.47 Å². The molecule has 10 aromatic carbocycles. The van der Waals surface area contributed by atoms with Crippen LogP contribution in [0.15, 0.2) is 285 Å². The van der Waals surface area contributed by atoms with E-state index in [4.69, 9.17) is 0 Å². The molecule has 0 saturated carbocycles. The lowest BCUT2D eigenvalue weighted by Gasteiger charge is -2.39. The minimum atomic E-state index is -0.306. The summed E-state index contributed by atoms with van der Waals surface area (Å²) in [5.74, 6) is 0.873. The first-order valence-electron chi connectivity index (χ1n) is 26.9. The second-order valence-corrected chi connectivity index (χ2v) is 21.2. The normalized spacial score (nSPS) is 19.5. The van der Waals surface area contributed by atoms with E-state index in [0.717, 1.165) is 11.4 Å². The van der Waals surface area contributed by atoms with Crippen LogP contribution in [0.4, 0.5) is 11.4 Å². The molecule has 1 aromatic heterocycles. The number of benzene rings is 10. The lowest BCUT2D eigenvalue weighted by atomic mass is 9.65. The zero-order valence-corrected chi connectivity index (χ0v) is 42.3. The maximum Gasteiger partial charge on any atom is 0.0585 e. The van der Waals surface area contributed by atoms with Crippen LogP contribution in [0.25, 0.3) is 83.1 Å². The number of hydrogen-bond donors (Lipinski definition) is 0. The van der Waals surface area contributed by atoms with E-state index in [9.17, 15) is 0 Å². The van der Waals surface area contributed by atoms with Crippen molar-refractivity contribution in [2.75, 3.05) is 4.90 Å². The Labute approximate surface area is 445 Å². The molecule has 5 unspecified atom stereocenters. The van der Waals surface area contributed by atoms with Crippen molar-refractivity contribution in [2.24, 2.45) is 11.8 Å². The van der Waals surface area contributed by atoms with Crippen LogP contribution in [-0.4, -0.2) is 10.6 Å². The van der Waals surface area contributed by atoms with Gasteiger partial charge in [0.1, 0.15) is 0 Å². The molecule has 0 N–H and O–H groups in total. The minimum absolute atomic E-state index is 0.112. The second kappa shape index (κ2) is 17.7. The summed E-state index contributed by atoms with van der Waals surface area (Å²) in [5.41, 5.74) is 23.6. The van der Waals surface area contributed by atoms with Crippen molar-refractivity contribution in [3.05, 3.63) is 307 Å². The quantitative estimate of drug-likeness (QED) is 0.147. The number of nitrogens with zero attached hydrogens (tertiary/aromatic N) is 2. The summed E-state index contributed by atoms with van der Waals surface area (Å²) < 4.78 is 2.47. The van der Waals surface area contributed by atoms with Gasteiger partial charge in [-0.25, -0.2) is 0 Å². The van der Waals surface area contributed by atoms with Crippen molar-refractivity contribution >= 4 is 33.2 Å². The molecule has 2 heteroatoms. The van der Waals surface area contributed by atoms with Crippen LogP contribution in [0, 0.1) is 11.8 Å². The fourth-order valence-electron chi connectivity index (χ4n) is 13.7. The molecular weight excluding hydrogens is 917 g/mol. The highest BCUT2D eigenvalue weighted by Crippen LogP contribution is 2.65. The highest BCUT2D eigenvalue weighted by molar-refractivity contribution is 6.12. The number of hydrogen-bond acceptors (Lipinski definition) is 1. The molecule has 0 bridgehead atoms. The molecule has 360 valence electrons. The first kappa shape index (κ1) is 44.3. The summed E-state index contributed by atoms with van der Waals surface area (Å²) >= 11 is 0. The summed E-state index contributed by atoms with van der Waals surface area (Å²) in [7, 11) is 0. The Kier molecular flexibility index (Phi) is 10.3. The highest BCUT2D eigenvalue weighted by Gasteiger charge is 2.57. The molecule has 0 saturated heterocycles. The molecule has 1 heterocycles. The van der Waals surface area contributed by atoms with Gasteiger partial charge in [0.05, 0.1) is 22.5 Å². The van der Waals surface area contributed by atoms with Crippen molar-refractivity contribution in [2.45, 2.75) is 24.3 Å². The molecule has 76 heavy (non-hydrogen) atoms. The van der Waals surface area contributed by atoms with Crippen molar-refractivity contribution in [1.82, 2.24) is 4.57 Å². The van der Waals surface area contributed by atoms with Crippen LogP contribution in [-0.2, 0) is 5.41 Å². The number of fused-ring (bicyclic) bond motifs is 13. The van der Waals surface area contributed by atoms with Gasteiger partial charge in [-0.05, 0) is 157 Å². The molecule has 11 aromatic rings. The summed E-state index contributed by atoms with van der Waals surface area (Å²) in [4.78, 5) is 2.60. The van der Waals surface area contributed by atoms with Gasteiger partial charge in [0, 0.05) is 39.7 Å². The number of anilines is 2. The van der Waals surface area contributed by atoms with Crippen molar-refractivity contribution in [3.63, 3.8) is 0 Å². The molecule has 1 spiro atoms. The van der Waals surface area contributed by atoms with Crippen LogP contribution < -0.4 is 4.90 Å². The summed E-state index contributed by atoms with van der Waals surface area (Å²) in [6, 6.07) is 88.7. The van der Waals surface area contributed by atoms with E-state index in [1.807, 2.05) is 0 Å². The first-order valence-corrected chi connectivity index (χ1v) is 26.9. The maximum absolute atomic E-state index is 2.60. The van der Waals surface area contributed by atoms with E-state index in [1.54, 1.807) is 0 Å². The third kappa shape index (κ3) is 6.87. The average molecular weight is 971 g/mol. The molecular formula is C74H54N2. The molecule has 4 aliphatic rings. The molecule has 0 amide bonds. The van der Waals surface area contributed by atoms with Gasteiger partial charge in [-0.1, -0.05) is 219 Å². The third-order valence-electron chi connectivity index (χ3n) is 17.2. The van der Waals surface area contributed by atoms with Crippen LogP contribution in [0.3, 0.4) is 0 Å². The molecule has 0 aliphatic heterocycles. The van der Waals surface area contributed by atoms with Gasteiger partial charge in [-0.2, -0.15) is 0 Å². The Balaban J connectivity index is 0.874. The standard InChI is InChI=1S/C74H54N2/c1-49-18-8-15-33-71(49)75(60-40-41-64-63-29-11-14-32-69(63)74(70(64)48-60)67-30-12-9-27-61(67)62-28-10-13-31-68(62)74)58-36-38-59(39-37-58)76-72-42-34-56(54-25-16-23-52(44-54)50-19-4-2-5-20-50)46-65(72)66-47-57(35-43-73(66)76)55-26-17-24-53(45-55)51-21-6-3-7-22-51/h2-49,61,67,71H,1H3. The molecule has 0 fully saturated rings. The van der Waals surface area contributed by atoms with E-state index in [-0.39, 0.29) is 23.3 Å². The van der Waals surface area contributed by atoms with Crippen molar-refractivity contribution < 1.29 is 0 Å². The van der Waals surface area contributed by atoms with Crippen molar-refractivity contribution in [1.29, 1.82) is 0 Å². The van der Waals surface area contributed by atoms with Crippen LogP contribution >= 0.6 is 0 Å². The van der Waals surface area contributed by atoms with Gasteiger partial charge in [-0.15, -0.1) is 0 Å². The van der Waals surface area contributed by atoms with E-state index < -0.39 is 0 Å². The lowest BCUT2D eigenvalue weighted by molar-refractivity contribution is 0.465. The smallest absolute Gasteiger partial charge is 0.0585 e. The first-order chi connectivity index (χ1) is 37.6. The molecule has 15 rings (SSSR count). The zero-order chi connectivity index (χ0) is 50.3. The SMILES string of the molecule is CC1C=CC=CC1N(c1ccc(-n2c3ccc(-c4cccc(-c5ccccc5)c4)cc3c3cc(-c4cccc(-c5ccccc5)c4)ccc32)cc1)c1ccc2c(c1)C1(c3ccccc3-2)c2ccccc2C2C=CC=CC21. The van der Waals surface area contributed by atoms with Gasteiger partial charge in [0.15, 0.2) is 0 Å². The van der Waals surface area contributed by atoms with Crippen LogP contribution in [0.2, 0.25) is 0 Å². The maximum atomic E-state index is 2.60. The van der Waals surface area contributed by atoms with Crippen LogP contribution in [0.1, 0.15) is 35.1 Å². The number of aromatic nitrogens is 1. The fourth-order valence-corrected chi connectivity index (χ4v) is 13.7. The van der Waals surface area contributed by atoms with Crippen molar-refractivity contribution in [3.8, 4) is 61.3 Å². The third-order valence-corrected chi connectivity index (χ3v) is 17.2. The summed E-state index contributed by atoms with van der Waals surface area (Å²) in [5, 5.41) is 2.45. The molecule has 5 atom stereocenters. The van der Waals surface area contributed by atoms with Gasteiger partial charge in [-0.3, -0.25) is 0 Å². The Morgan fingerprint density at radius 2 is 0.882 bits per heavy atom. The Bertz CT molecular complexity index is 4070. The average Bonchev–Trinajstić information content (AvgIpc) is 4.27. The number of rotatable bonds is 8. The van der Waals surface area contributed by atoms with E-state index >= 15 is 0 Å². The van der Waals surface area contributed by atoms with E-state index in [1.165, 1.54) is 105 Å². The minimum Gasteiger partial charge on any atom is -0.334 e. The number of allylic oxidation sites excluding steroid dienone is 6. The Morgan fingerprint density at radius 3 is 1.54 bits per heavy atom. The monoisotopic (exact) mass is 970 g/mol. The summed E-state index contributed by atoms with van der Waals surface area (Å²) in [6.45, 7) is 2.35. The second-order valence-electron chi connectivity index (χ2n) is 21.2. The Hall–Kier alpha value is -9.24. The molecule has 0 radical (unpaired) electrons. The van der Waals surface area contributed by atoms with Crippen LogP contribution in [0.5, 0.6) is 0 Å². The van der Waals surface area contributed by atoms with Gasteiger partial charge >= 0.3 is 0 Å². The van der Waals surface area contributed by atoms with Gasteiger partial charge in [0.25, 0.3) is 0 Å². The predicted octanol–water partition coefficient (Wildman–Crippen LogP) is 18.9. The highest BCUT2D eigenvalue weighted by atomic mass is 15.2. The lowest BCUT2D eigenvalue weighted by Crippen LogP contribution is -2.36. The van der Waals surface area contributed by atoms with Gasteiger partial charge in [0.2, 0.25) is 0 Å². The predicted molar refractivity (Wildman–Crippen MR) is 319 cm³/mol. The van der Waals surface area contributed by atoms with E-state index in [0.29, 0.717) is 5.92 Å². The molecule has 2 nitrogen and oxygen atoms in total. The molecule has 4 aliphatic carbocycles. The zero-order valence-electron chi connectivity index (χ0n) is 42.3. The topological polar surface area (TPSA) is 8.17 Å². The fraction of sp³-hybridized carbons (Fsp3) is 0.0811. The van der Waals surface area contributed by atoms with E-state index in [2.05, 4.69) is 302 Å². The summed E-state index contributed by atoms with van der Waals surface area (Å²) in [6.07, 6.45) is 18.6. The largest absolute Gasteiger partial charge is 0.334 e. The Morgan fingerprint density at radius 1 is 0.368 bits per heavy atom.